The van der Waals surface area contributed by atoms with Gasteiger partial charge in [-0.05, 0) is 36.9 Å². The fraction of sp³-hybridized carbons (Fsp3) is 0.320. The number of H-pyrrole nitrogens is 1. The number of nitrogens with zero attached hydrogens (tertiary/aromatic N) is 6. The first-order chi connectivity index (χ1) is 18.2. The van der Waals surface area contributed by atoms with Gasteiger partial charge >= 0.3 is 6.18 Å². The fourth-order valence-corrected chi connectivity index (χ4v) is 4.52. The molecule has 2 N–H and O–H groups in total. The minimum atomic E-state index is -4.81. The zero-order chi connectivity index (χ0) is 27.0. The Morgan fingerprint density at radius 3 is 2.50 bits per heavy atom. The number of piperazine rings is 1. The zero-order valence-corrected chi connectivity index (χ0v) is 20.6. The predicted molar refractivity (Wildman–Crippen MR) is 133 cm³/mol. The first kappa shape index (κ1) is 25.5. The molecule has 13 heteroatoms. The number of hydrogen-bond acceptors (Lipinski definition) is 7. The van der Waals surface area contributed by atoms with Crippen molar-refractivity contribution in [3.63, 3.8) is 0 Å². The average molecular weight is 529 g/mol. The highest BCUT2D eigenvalue weighted by atomic mass is 19.4. The summed E-state index contributed by atoms with van der Waals surface area (Å²) in [6.07, 6.45) is -1.93. The smallest absolute Gasteiger partial charge is 0.353 e. The number of amides is 1. The van der Waals surface area contributed by atoms with E-state index in [0.29, 0.717) is 43.0 Å². The van der Waals surface area contributed by atoms with Gasteiger partial charge < -0.3 is 15.1 Å². The Balaban J connectivity index is 1.49. The van der Waals surface area contributed by atoms with Crippen LogP contribution >= 0.6 is 0 Å². The molecule has 9 nitrogen and oxygen atoms in total. The van der Waals surface area contributed by atoms with Gasteiger partial charge in [-0.25, -0.2) is 19.3 Å². The first-order valence-electron chi connectivity index (χ1n) is 11.9. The van der Waals surface area contributed by atoms with Crippen molar-refractivity contribution in [1.29, 1.82) is 0 Å². The average Bonchev–Trinajstić information content (AvgIpc) is 3.31. The lowest BCUT2D eigenvalue weighted by Crippen LogP contribution is -2.48. The Hall–Kier alpha value is -4.13. The Morgan fingerprint density at radius 2 is 1.87 bits per heavy atom. The van der Waals surface area contributed by atoms with Crippen LogP contribution in [-0.4, -0.2) is 69.2 Å². The maximum atomic E-state index is 15.0. The lowest BCUT2D eigenvalue weighted by molar-refractivity contribution is -0.137. The van der Waals surface area contributed by atoms with Crippen molar-refractivity contribution < 1.29 is 22.4 Å². The molecule has 0 atom stereocenters. The fourth-order valence-electron chi connectivity index (χ4n) is 4.52. The summed E-state index contributed by atoms with van der Waals surface area (Å²) in [6, 6.07) is 5.54. The predicted octanol–water partition coefficient (Wildman–Crippen LogP) is 3.63. The van der Waals surface area contributed by atoms with Crippen LogP contribution in [0.3, 0.4) is 0 Å². The number of aromatic amines is 1. The van der Waals surface area contributed by atoms with Crippen LogP contribution in [0.4, 0.5) is 23.4 Å². The molecule has 4 heterocycles. The Labute approximate surface area is 214 Å². The number of halogens is 4. The molecule has 1 aromatic carbocycles. The van der Waals surface area contributed by atoms with Crippen LogP contribution in [0.25, 0.3) is 33.7 Å². The van der Waals surface area contributed by atoms with Crippen molar-refractivity contribution in [1.82, 2.24) is 35.4 Å². The van der Waals surface area contributed by atoms with E-state index in [-0.39, 0.29) is 23.5 Å². The number of hydrogen-bond donors (Lipinski definition) is 2. The maximum absolute atomic E-state index is 15.0. The minimum absolute atomic E-state index is 0.0378. The van der Waals surface area contributed by atoms with Crippen LogP contribution in [0, 0.1) is 5.82 Å². The van der Waals surface area contributed by atoms with Crippen molar-refractivity contribution in [2.45, 2.75) is 19.6 Å². The number of nitrogens with one attached hydrogen (secondary N) is 2. The summed E-state index contributed by atoms with van der Waals surface area (Å²) in [7, 11) is 1.56. The van der Waals surface area contributed by atoms with Gasteiger partial charge in [0.2, 0.25) is 5.91 Å². The SMILES string of the molecule is CNCc1cc(F)c(-c2ncc3[nH]nc(-c4ccc(N5CCN(C(C)=O)CC5)nc4)c3n2)c(C(F)(F)F)c1. The van der Waals surface area contributed by atoms with Gasteiger partial charge in [-0.1, -0.05) is 0 Å². The molecule has 1 saturated heterocycles. The van der Waals surface area contributed by atoms with Gasteiger partial charge in [0.15, 0.2) is 5.82 Å². The van der Waals surface area contributed by atoms with Crippen molar-refractivity contribution >= 4 is 22.8 Å². The third-order valence-electron chi connectivity index (χ3n) is 6.43. The molecule has 3 aromatic heterocycles. The molecule has 4 aromatic rings. The van der Waals surface area contributed by atoms with Gasteiger partial charge in [0.25, 0.3) is 0 Å². The number of carbonyl (C=O) groups excluding carboxylic acids is 1. The molecule has 0 bridgehead atoms. The van der Waals surface area contributed by atoms with E-state index in [0.717, 1.165) is 18.0 Å². The molecule has 0 saturated carbocycles. The molecule has 0 aliphatic carbocycles. The van der Waals surface area contributed by atoms with E-state index in [4.69, 9.17) is 0 Å². The van der Waals surface area contributed by atoms with Gasteiger partial charge in [0.1, 0.15) is 28.4 Å². The molecule has 38 heavy (non-hydrogen) atoms. The number of benzene rings is 1. The molecule has 1 amide bonds. The monoisotopic (exact) mass is 528 g/mol. The maximum Gasteiger partial charge on any atom is 0.417 e. The summed E-state index contributed by atoms with van der Waals surface area (Å²) in [6.45, 7) is 4.12. The number of alkyl halides is 3. The normalized spacial score (nSPS) is 14.4. The highest BCUT2D eigenvalue weighted by Crippen LogP contribution is 2.39. The summed E-state index contributed by atoms with van der Waals surface area (Å²) < 4.78 is 56.7. The number of fused-ring (bicyclic) bond motifs is 1. The highest BCUT2D eigenvalue weighted by molar-refractivity contribution is 5.90. The van der Waals surface area contributed by atoms with Crippen LogP contribution < -0.4 is 10.2 Å². The molecule has 1 aliphatic rings. The molecular weight excluding hydrogens is 504 g/mol. The summed E-state index contributed by atoms with van der Waals surface area (Å²) in [5.41, 5.74) is -0.161. The van der Waals surface area contributed by atoms with E-state index in [1.807, 2.05) is 6.07 Å². The molecule has 0 radical (unpaired) electrons. The van der Waals surface area contributed by atoms with E-state index in [2.05, 4.69) is 35.4 Å². The second-order valence-electron chi connectivity index (χ2n) is 8.95. The molecular formula is C25H24F4N8O. The second kappa shape index (κ2) is 9.97. The van der Waals surface area contributed by atoms with Crippen LogP contribution in [0.2, 0.25) is 0 Å². The molecule has 0 spiro atoms. The van der Waals surface area contributed by atoms with Crippen LogP contribution in [0.5, 0.6) is 0 Å². The lowest BCUT2D eigenvalue weighted by atomic mass is 10.0. The zero-order valence-electron chi connectivity index (χ0n) is 20.6. The van der Waals surface area contributed by atoms with Crippen molar-refractivity contribution in [2.24, 2.45) is 0 Å². The Morgan fingerprint density at radius 1 is 1.11 bits per heavy atom. The second-order valence-corrected chi connectivity index (χ2v) is 8.95. The minimum Gasteiger partial charge on any atom is -0.353 e. The first-order valence-corrected chi connectivity index (χ1v) is 11.9. The van der Waals surface area contributed by atoms with Crippen LogP contribution in [-0.2, 0) is 17.5 Å². The van der Waals surface area contributed by atoms with Gasteiger partial charge in [-0.15, -0.1) is 0 Å². The topological polar surface area (TPSA) is 103 Å². The summed E-state index contributed by atoms with van der Waals surface area (Å²) in [5, 5.41) is 9.75. The Bertz CT molecular complexity index is 1480. The van der Waals surface area contributed by atoms with Crippen molar-refractivity contribution in [2.75, 3.05) is 38.1 Å². The molecule has 1 aliphatic heterocycles. The number of rotatable bonds is 5. The van der Waals surface area contributed by atoms with E-state index >= 15 is 4.39 Å². The van der Waals surface area contributed by atoms with Crippen molar-refractivity contribution in [3.8, 4) is 22.6 Å². The van der Waals surface area contributed by atoms with Crippen LogP contribution in [0.1, 0.15) is 18.1 Å². The van der Waals surface area contributed by atoms with E-state index in [1.165, 1.54) is 6.20 Å². The number of carbonyl (C=O) groups is 1. The van der Waals surface area contributed by atoms with Gasteiger partial charge in [-0.3, -0.25) is 9.89 Å². The molecule has 1 fully saturated rings. The summed E-state index contributed by atoms with van der Waals surface area (Å²) in [5.74, 6) is -0.694. The van der Waals surface area contributed by atoms with Gasteiger partial charge in [0.05, 0.1) is 17.3 Å². The number of anilines is 1. The molecule has 198 valence electrons. The standard InChI is InChI=1S/C25H24F4N8O/c1-14(38)36-5-7-37(8-6-36)20-4-3-16(12-31-20)22-23-19(34-35-22)13-32-24(33-23)21-17(25(27,28)29)9-15(11-30-2)10-18(21)26/h3-4,9-10,12-13,30H,5-8,11H2,1-2H3,(H,34,35). The highest BCUT2D eigenvalue weighted by Gasteiger charge is 2.37. The van der Waals surface area contributed by atoms with E-state index in [9.17, 15) is 18.0 Å². The summed E-state index contributed by atoms with van der Waals surface area (Å²) in [4.78, 5) is 28.2. The van der Waals surface area contributed by atoms with E-state index in [1.54, 1.807) is 31.1 Å². The number of pyridine rings is 1. The third-order valence-corrected chi connectivity index (χ3v) is 6.43. The van der Waals surface area contributed by atoms with Crippen molar-refractivity contribution in [3.05, 3.63) is 53.6 Å². The molecule has 5 rings (SSSR count). The largest absolute Gasteiger partial charge is 0.417 e. The van der Waals surface area contributed by atoms with E-state index < -0.39 is 28.9 Å². The van der Waals surface area contributed by atoms with Gasteiger partial charge in [-0.2, -0.15) is 18.3 Å². The third kappa shape index (κ3) is 4.88. The van der Waals surface area contributed by atoms with Gasteiger partial charge in [0, 0.05) is 51.4 Å². The summed E-state index contributed by atoms with van der Waals surface area (Å²) >= 11 is 0. The number of aromatic nitrogens is 5. The quantitative estimate of drug-likeness (QED) is 0.382. The molecule has 0 unspecified atom stereocenters. The Kier molecular flexibility index (Phi) is 6.69. The van der Waals surface area contributed by atoms with Crippen LogP contribution in [0.15, 0.2) is 36.7 Å². The lowest BCUT2D eigenvalue weighted by Gasteiger charge is -2.34.